The highest BCUT2D eigenvalue weighted by Gasteiger charge is 2.29. The van der Waals surface area contributed by atoms with E-state index < -0.39 is 0 Å². The fraction of sp³-hybridized carbons (Fsp3) is 0.471. The standard InChI is InChI=1S/C17H21N5O2/c1-12-18-17(20-19-12)15-10-21(8-9-24-15)11-16(23)22-7-6-13-4-2-3-5-14(13)22/h2-5,15H,6-11H2,1H3,(H,18,19,20)/t15-/m0/s1. The number of aryl methyl sites for hydroxylation is 1. The van der Waals surface area contributed by atoms with Crippen molar-refractivity contribution >= 4 is 11.6 Å². The van der Waals surface area contributed by atoms with Crippen LogP contribution >= 0.6 is 0 Å². The van der Waals surface area contributed by atoms with Crippen LogP contribution in [0.15, 0.2) is 24.3 Å². The van der Waals surface area contributed by atoms with Crippen molar-refractivity contribution in [3.05, 3.63) is 41.5 Å². The summed E-state index contributed by atoms with van der Waals surface area (Å²) in [5.41, 5.74) is 2.30. The van der Waals surface area contributed by atoms with E-state index in [2.05, 4.69) is 26.1 Å². The van der Waals surface area contributed by atoms with Gasteiger partial charge < -0.3 is 9.64 Å². The van der Waals surface area contributed by atoms with E-state index in [1.807, 2.05) is 30.0 Å². The number of benzene rings is 1. The Morgan fingerprint density at radius 1 is 1.38 bits per heavy atom. The second-order valence-electron chi connectivity index (χ2n) is 6.30. The predicted molar refractivity (Wildman–Crippen MR) is 88.8 cm³/mol. The Morgan fingerprint density at radius 3 is 3.08 bits per heavy atom. The van der Waals surface area contributed by atoms with Crippen LogP contribution in [0, 0.1) is 6.92 Å². The van der Waals surface area contributed by atoms with Crippen molar-refractivity contribution in [1.82, 2.24) is 20.1 Å². The van der Waals surface area contributed by atoms with Crippen LogP contribution in [0.5, 0.6) is 0 Å². The molecule has 1 atom stereocenters. The molecule has 1 amide bonds. The van der Waals surface area contributed by atoms with Gasteiger partial charge in [-0.2, -0.15) is 5.10 Å². The Balaban J connectivity index is 1.41. The number of anilines is 1. The number of nitrogens with one attached hydrogen (secondary N) is 1. The number of H-pyrrole nitrogens is 1. The normalized spacial score (nSPS) is 21.0. The third-order valence-corrected chi connectivity index (χ3v) is 4.60. The van der Waals surface area contributed by atoms with Crippen molar-refractivity contribution in [2.45, 2.75) is 19.4 Å². The van der Waals surface area contributed by atoms with Gasteiger partial charge in [0.15, 0.2) is 5.82 Å². The first-order valence-electron chi connectivity index (χ1n) is 8.32. The Hall–Kier alpha value is -2.25. The summed E-state index contributed by atoms with van der Waals surface area (Å²) < 4.78 is 5.76. The lowest BCUT2D eigenvalue weighted by molar-refractivity contribution is -0.121. The van der Waals surface area contributed by atoms with Crippen molar-refractivity contribution in [3.63, 3.8) is 0 Å². The first kappa shape index (κ1) is 15.3. The number of hydrogen-bond acceptors (Lipinski definition) is 5. The lowest BCUT2D eigenvalue weighted by Crippen LogP contribution is -2.45. The summed E-state index contributed by atoms with van der Waals surface area (Å²) >= 11 is 0. The van der Waals surface area contributed by atoms with Crippen molar-refractivity contribution in [1.29, 1.82) is 0 Å². The first-order chi connectivity index (χ1) is 11.7. The minimum absolute atomic E-state index is 0.145. The van der Waals surface area contributed by atoms with Gasteiger partial charge in [-0.15, -0.1) is 0 Å². The average molecular weight is 327 g/mol. The number of fused-ring (bicyclic) bond motifs is 1. The maximum Gasteiger partial charge on any atom is 0.241 e. The van der Waals surface area contributed by atoms with E-state index in [4.69, 9.17) is 4.74 Å². The number of amides is 1. The number of nitrogens with zero attached hydrogens (tertiary/aromatic N) is 4. The lowest BCUT2D eigenvalue weighted by atomic mass is 10.2. The molecule has 1 aromatic carbocycles. The Bertz CT molecular complexity index is 744. The molecular weight excluding hydrogens is 306 g/mol. The van der Waals surface area contributed by atoms with Crippen LogP contribution in [0.25, 0.3) is 0 Å². The third-order valence-electron chi connectivity index (χ3n) is 4.60. The van der Waals surface area contributed by atoms with Gasteiger partial charge in [-0.1, -0.05) is 18.2 Å². The van der Waals surface area contributed by atoms with Crippen molar-refractivity contribution in [2.75, 3.05) is 37.7 Å². The van der Waals surface area contributed by atoms with E-state index >= 15 is 0 Å². The van der Waals surface area contributed by atoms with E-state index in [0.717, 1.165) is 31.0 Å². The summed E-state index contributed by atoms with van der Waals surface area (Å²) in [5.74, 6) is 1.58. The van der Waals surface area contributed by atoms with Gasteiger partial charge in [0, 0.05) is 25.3 Å². The quantitative estimate of drug-likeness (QED) is 0.913. The molecule has 0 saturated carbocycles. The number of carbonyl (C=O) groups excluding carboxylic acids is 1. The number of aromatic nitrogens is 3. The molecule has 126 valence electrons. The maximum absolute atomic E-state index is 12.7. The van der Waals surface area contributed by atoms with Crippen LogP contribution in [0.2, 0.25) is 0 Å². The number of hydrogen-bond donors (Lipinski definition) is 1. The van der Waals surface area contributed by atoms with E-state index in [-0.39, 0.29) is 12.0 Å². The highest BCUT2D eigenvalue weighted by atomic mass is 16.5. The molecule has 3 heterocycles. The van der Waals surface area contributed by atoms with Crippen molar-refractivity contribution < 1.29 is 9.53 Å². The summed E-state index contributed by atoms with van der Waals surface area (Å²) in [4.78, 5) is 21.1. The number of morpholine rings is 1. The minimum Gasteiger partial charge on any atom is -0.367 e. The van der Waals surface area contributed by atoms with Crippen LogP contribution in [-0.2, 0) is 16.0 Å². The first-order valence-corrected chi connectivity index (χ1v) is 8.32. The minimum atomic E-state index is -0.178. The molecule has 0 unspecified atom stereocenters. The molecular formula is C17H21N5O2. The number of aromatic amines is 1. The third kappa shape index (κ3) is 2.92. The van der Waals surface area contributed by atoms with Crippen molar-refractivity contribution in [2.24, 2.45) is 0 Å². The van der Waals surface area contributed by atoms with E-state index in [1.54, 1.807) is 0 Å². The van der Waals surface area contributed by atoms with Gasteiger partial charge >= 0.3 is 0 Å². The molecule has 4 rings (SSSR count). The molecule has 0 bridgehead atoms. The summed E-state index contributed by atoms with van der Waals surface area (Å²) in [6.45, 7) is 5.01. The average Bonchev–Trinajstić information content (AvgIpc) is 3.21. The zero-order valence-corrected chi connectivity index (χ0v) is 13.7. The lowest BCUT2D eigenvalue weighted by Gasteiger charge is -2.32. The topological polar surface area (TPSA) is 74.3 Å². The van der Waals surface area contributed by atoms with Gasteiger partial charge in [-0.3, -0.25) is 14.8 Å². The van der Waals surface area contributed by atoms with Gasteiger partial charge in [0.1, 0.15) is 11.9 Å². The highest BCUT2D eigenvalue weighted by Crippen LogP contribution is 2.28. The van der Waals surface area contributed by atoms with Crippen molar-refractivity contribution in [3.8, 4) is 0 Å². The second-order valence-corrected chi connectivity index (χ2v) is 6.30. The zero-order chi connectivity index (χ0) is 16.5. The van der Waals surface area contributed by atoms with Crippen LogP contribution in [0.4, 0.5) is 5.69 Å². The van der Waals surface area contributed by atoms with E-state index in [9.17, 15) is 4.79 Å². The molecule has 1 saturated heterocycles. The van der Waals surface area contributed by atoms with E-state index in [0.29, 0.717) is 25.5 Å². The Labute approximate surface area is 140 Å². The van der Waals surface area contributed by atoms with Crippen LogP contribution in [0.1, 0.15) is 23.3 Å². The number of ether oxygens (including phenoxy) is 1. The van der Waals surface area contributed by atoms with Gasteiger partial charge in [-0.25, -0.2) is 4.98 Å². The molecule has 0 spiro atoms. The SMILES string of the molecule is Cc1nc([C@@H]2CN(CC(=O)N3CCc4ccccc43)CCO2)n[nH]1. The highest BCUT2D eigenvalue weighted by molar-refractivity contribution is 5.96. The maximum atomic E-state index is 12.7. The fourth-order valence-electron chi connectivity index (χ4n) is 3.38. The molecule has 1 fully saturated rings. The smallest absolute Gasteiger partial charge is 0.241 e. The zero-order valence-electron chi connectivity index (χ0n) is 13.7. The van der Waals surface area contributed by atoms with Gasteiger partial charge in [-0.05, 0) is 25.0 Å². The second kappa shape index (κ2) is 6.33. The number of para-hydroxylation sites is 1. The summed E-state index contributed by atoms with van der Waals surface area (Å²) in [7, 11) is 0. The largest absolute Gasteiger partial charge is 0.367 e. The number of rotatable bonds is 3. The van der Waals surface area contributed by atoms with Gasteiger partial charge in [0.05, 0.1) is 13.2 Å². The molecule has 1 aromatic heterocycles. The molecule has 2 aromatic rings. The molecule has 2 aliphatic heterocycles. The van der Waals surface area contributed by atoms with Crippen LogP contribution in [-0.4, -0.2) is 58.8 Å². The Morgan fingerprint density at radius 2 is 2.25 bits per heavy atom. The molecule has 7 nitrogen and oxygen atoms in total. The van der Waals surface area contributed by atoms with Gasteiger partial charge in [0.2, 0.25) is 5.91 Å². The Kier molecular flexibility index (Phi) is 4.03. The molecule has 2 aliphatic rings. The van der Waals surface area contributed by atoms with Crippen LogP contribution < -0.4 is 4.90 Å². The summed E-state index contributed by atoms with van der Waals surface area (Å²) in [6.07, 6.45) is 0.756. The fourth-order valence-corrected chi connectivity index (χ4v) is 3.38. The molecule has 0 aliphatic carbocycles. The number of carbonyl (C=O) groups is 1. The monoisotopic (exact) mass is 327 g/mol. The molecule has 24 heavy (non-hydrogen) atoms. The molecule has 1 N–H and O–H groups in total. The summed E-state index contributed by atoms with van der Waals surface area (Å²) in [5, 5.41) is 7.02. The molecule has 7 heteroatoms. The van der Waals surface area contributed by atoms with Crippen LogP contribution in [0.3, 0.4) is 0 Å². The summed E-state index contributed by atoms with van der Waals surface area (Å²) in [6, 6.07) is 8.14. The molecule has 0 radical (unpaired) electrons. The van der Waals surface area contributed by atoms with Gasteiger partial charge in [0.25, 0.3) is 0 Å². The predicted octanol–water partition coefficient (Wildman–Crippen LogP) is 1.08. The van der Waals surface area contributed by atoms with E-state index in [1.165, 1.54) is 5.56 Å².